The van der Waals surface area contributed by atoms with E-state index in [0.717, 1.165) is 0 Å². The minimum atomic E-state index is -0.821. The fourth-order valence-electron chi connectivity index (χ4n) is 3.65. The summed E-state index contributed by atoms with van der Waals surface area (Å²) in [7, 11) is 0. The lowest BCUT2D eigenvalue weighted by atomic mass is 9.88. The highest BCUT2D eigenvalue weighted by molar-refractivity contribution is 5.98. The molecular weight excluding hydrogens is 403 g/mol. The number of ketones is 1. The van der Waals surface area contributed by atoms with E-state index in [9.17, 15) is 23.6 Å². The van der Waals surface area contributed by atoms with Crippen LogP contribution in [0.2, 0.25) is 0 Å². The van der Waals surface area contributed by atoms with Gasteiger partial charge in [0.15, 0.2) is 11.5 Å². The van der Waals surface area contributed by atoms with Crippen LogP contribution in [0.15, 0.2) is 41.5 Å². The number of aromatic nitrogens is 2. The number of Topliss-reactive ketones (excluding diaryl/α,β-unsaturated/α-hetero) is 1. The number of benzene rings is 1. The minimum absolute atomic E-state index is 0.0600. The molecule has 1 saturated heterocycles. The second-order valence-corrected chi connectivity index (χ2v) is 7.93. The van der Waals surface area contributed by atoms with Crippen LogP contribution in [0.5, 0.6) is 0 Å². The van der Waals surface area contributed by atoms with Crippen LogP contribution in [-0.4, -0.2) is 51.6 Å². The molecule has 2 aromatic rings. The molecule has 1 aromatic heterocycles. The third-order valence-corrected chi connectivity index (χ3v) is 5.45. The Hall–Kier alpha value is -3.36. The number of likely N-dealkylation sites (tertiary alicyclic amines) is 1. The molecule has 0 unspecified atom stereocenters. The Balaban J connectivity index is 1.62. The number of halogens is 1. The van der Waals surface area contributed by atoms with Gasteiger partial charge in [-0.05, 0) is 43.0 Å². The summed E-state index contributed by atoms with van der Waals surface area (Å²) in [4.78, 5) is 57.7. The maximum Gasteiger partial charge on any atom is 0.279 e. The Bertz CT molecular complexity index is 1010. The standard InChI is InChI=1S/C22H25FN4O4/c1-13(2)17(26-21(30)18-20(29)25-10-9-24-18)22(31)27-11-7-15(8-12-27)19(28)14-3-5-16(23)6-4-14/h3-6,9-10,13,15,17H,7-8,11-12H2,1-2H3,(H,25,29)(H,26,30)/t17-/m0/s1. The minimum Gasteiger partial charge on any atom is -0.341 e. The first-order valence-corrected chi connectivity index (χ1v) is 10.2. The van der Waals surface area contributed by atoms with Crippen LogP contribution in [0, 0.1) is 17.7 Å². The van der Waals surface area contributed by atoms with Crippen molar-refractivity contribution < 1.29 is 18.8 Å². The largest absolute Gasteiger partial charge is 0.341 e. The van der Waals surface area contributed by atoms with Crippen molar-refractivity contribution in [2.45, 2.75) is 32.7 Å². The lowest BCUT2D eigenvalue weighted by Crippen LogP contribution is -2.53. The van der Waals surface area contributed by atoms with Crippen LogP contribution in [0.25, 0.3) is 0 Å². The van der Waals surface area contributed by atoms with Crippen LogP contribution in [0.4, 0.5) is 4.39 Å². The summed E-state index contributed by atoms with van der Waals surface area (Å²) in [5.41, 5.74) is -0.473. The SMILES string of the molecule is CC(C)[C@H](NC(=O)c1ncc[nH]c1=O)C(=O)N1CCC(C(=O)c2ccc(F)cc2)CC1. The van der Waals surface area contributed by atoms with Gasteiger partial charge in [-0.25, -0.2) is 9.37 Å². The molecule has 2 heterocycles. The number of hydrogen-bond acceptors (Lipinski definition) is 5. The van der Waals surface area contributed by atoms with Crippen LogP contribution >= 0.6 is 0 Å². The first kappa shape index (κ1) is 22.3. The van der Waals surface area contributed by atoms with Crippen LogP contribution in [0.1, 0.15) is 47.5 Å². The molecule has 1 aliphatic heterocycles. The van der Waals surface area contributed by atoms with Crippen molar-refractivity contribution in [1.29, 1.82) is 0 Å². The summed E-state index contributed by atoms with van der Waals surface area (Å²) < 4.78 is 13.1. The fraction of sp³-hybridized carbons (Fsp3) is 0.409. The maximum absolute atomic E-state index is 13.1. The van der Waals surface area contributed by atoms with Crippen molar-refractivity contribution in [3.63, 3.8) is 0 Å². The highest BCUT2D eigenvalue weighted by Gasteiger charge is 2.33. The van der Waals surface area contributed by atoms with Crippen molar-refractivity contribution in [2.24, 2.45) is 11.8 Å². The molecule has 1 aromatic carbocycles. The first-order valence-electron chi connectivity index (χ1n) is 10.2. The summed E-state index contributed by atoms with van der Waals surface area (Å²) >= 11 is 0. The van der Waals surface area contributed by atoms with E-state index in [1.807, 2.05) is 0 Å². The normalized spacial score (nSPS) is 15.5. The van der Waals surface area contributed by atoms with Crippen molar-refractivity contribution in [1.82, 2.24) is 20.2 Å². The van der Waals surface area contributed by atoms with Crippen molar-refractivity contribution in [3.05, 3.63) is 64.1 Å². The van der Waals surface area contributed by atoms with Gasteiger partial charge in [0.2, 0.25) is 5.91 Å². The van der Waals surface area contributed by atoms with Gasteiger partial charge >= 0.3 is 0 Å². The van der Waals surface area contributed by atoms with Crippen molar-refractivity contribution >= 4 is 17.6 Å². The van der Waals surface area contributed by atoms with E-state index in [2.05, 4.69) is 15.3 Å². The molecule has 0 aliphatic carbocycles. The Morgan fingerprint density at radius 3 is 2.39 bits per heavy atom. The highest BCUT2D eigenvalue weighted by atomic mass is 19.1. The van der Waals surface area contributed by atoms with Gasteiger partial charge in [-0.1, -0.05) is 13.8 Å². The number of aromatic amines is 1. The number of nitrogens with zero attached hydrogens (tertiary/aromatic N) is 2. The summed E-state index contributed by atoms with van der Waals surface area (Å²) in [6, 6.07) is 4.64. The van der Waals surface area contributed by atoms with Gasteiger partial charge < -0.3 is 15.2 Å². The molecule has 0 radical (unpaired) electrons. The number of carbonyl (C=O) groups is 3. The Kier molecular flexibility index (Phi) is 6.94. The van der Waals surface area contributed by atoms with E-state index < -0.39 is 23.3 Å². The molecule has 3 rings (SSSR count). The lowest BCUT2D eigenvalue weighted by Gasteiger charge is -2.35. The zero-order chi connectivity index (χ0) is 22.5. The number of rotatable bonds is 6. The zero-order valence-electron chi connectivity index (χ0n) is 17.4. The molecule has 1 aliphatic rings. The monoisotopic (exact) mass is 428 g/mol. The third-order valence-electron chi connectivity index (χ3n) is 5.45. The number of hydrogen-bond donors (Lipinski definition) is 2. The molecule has 2 amide bonds. The number of H-pyrrole nitrogens is 1. The second kappa shape index (κ2) is 9.63. The molecule has 1 atom stereocenters. The third kappa shape index (κ3) is 5.22. The summed E-state index contributed by atoms with van der Waals surface area (Å²) in [5, 5.41) is 2.62. The average Bonchev–Trinajstić information content (AvgIpc) is 2.77. The van der Waals surface area contributed by atoms with Gasteiger partial charge in [0, 0.05) is 37.0 Å². The van der Waals surface area contributed by atoms with Crippen LogP contribution in [-0.2, 0) is 4.79 Å². The molecule has 2 N–H and O–H groups in total. The molecule has 31 heavy (non-hydrogen) atoms. The van der Waals surface area contributed by atoms with Gasteiger partial charge in [-0.3, -0.25) is 19.2 Å². The first-order chi connectivity index (χ1) is 14.8. The fourth-order valence-corrected chi connectivity index (χ4v) is 3.65. The Labute approximate surface area is 178 Å². The topological polar surface area (TPSA) is 112 Å². The molecule has 8 nitrogen and oxygen atoms in total. The molecule has 164 valence electrons. The molecule has 0 bridgehead atoms. The van der Waals surface area contributed by atoms with E-state index in [-0.39, 0.29) is 29.2 Å². The summed E-state index contributed by atoms with van der Waals surface area (Å²) in [5.74, 6) is -1.88. The predicted molar refractivity (Wildman–Crippen MR) is 111 cm³/mol. The van der Waals surface area contributed by atoms with E-state index in [4.69, 9.17) is 0 Å². The zero-order valence-corrected chi connectivity index (χ0v) is 17.4. The van der Waals surface area contributed by atoms with Crippen LogP contribution in [0.3, 0.4) is 0 Å². The molecule has 0 spiro atoms. The maximum atomic E-state index is 13.1. The van der Waals surface area contributed by atoms with E-state index >= 15 is 0 Å². The summed E-state index contributed by atoms with van der Waals surface area (Å²) in [6.07, 6.45) is 3.59. The predicted octanol–water partition coefficient (Wildman–Crippen LogP) is 1.78. The van der Waals surface area contributed by atoms with Crippen molar-refractivity contribution in [3.8, 4) is 0 Å². The molecular formula is C22H25FN4O4. The number of nitrogens with one attached hydrogen (secondary N) is 2. The average molecular weight is 428 g/mol. The van der Waals surface area contributed by atoms with Crippen molar-refractivity contribution in [2.75, 3.05) is 13.1 Å². The smallest absolute Gasteiger partial charge is 0.279 e. The van der Waals surface area contributed by atoms with Crippen LogP contribution < -0.4 is 10.9 Å². The quantitative estimate of drug-likeness (QED) is 0.681. The second-order valence-electron chi connectivity index (χ2n) is 7.93. The van der Waals surface area contributed by atoms with E-state index in [1.165, 1.54) is 36.7 Å². The Morgan fingerprint density at radius 1 is 1.16 bits per heavy atom. The summed E-state index contributed by atoms with van der Waals surface area (Å²) in [6.45, 7) is 4.35. The van der Waals surface area contributed by atoms with E-state index in [1.54, 1.807) is 18.7 Å². The van der Waals surface area contributed by atoms with Gasteiger partial charge in [0.1, 0.15) is 11.9 Å². The lowest BCUT2D eigenvalue weighted by molar-refractivity contribution is -0.135. The number of carbonyl (C=O) groups excluding carboxylic acids is 3. The van der Waals surface area contributed by atoms with Gasteiger partial charge in [0.05, 0.1) is 0 Å². The Morgan fingerprint density at radius 2 is 1.81 bits per heavy atom. The van der Waals surface area contributed by atoms with Gasteiger partial charge in [-0.15, -0.1) is 0 Å². The molecule has 9 heteroatoms. The van der Waals surface area contributed by atoms with E-state index in [0.29, 0.717) is 31.5 Å². The van der Waals surface area contributed by atoms with Gasteiger partial charge in [0.25, 0.3) is 11.5 Å². The number of piperidine rings is 1. The molecule has 0 saturated carbocycles. The highest BCUT2D eigenvalue weighted by Crippen LogP contribution is 2.23. The van der Waals surface area contributed by atoms with Gasteiger partial charge in [-0.2, -0.15) is 0 Å². The number of amides is 2. The molecule has 1 fully saturated rings.